The van der Waals surface area contributed by atoms with Gasteiger partial charge in [0, 0.05) is 0 Å². The first kappa shape index (κ1) is 36.2. The number of rotatable bonds is 6. The summed E-state index contributed by atoms with van der Waals surface area (Å²) in [5.74, 6) is 0.547. The molecule has 51 heavy (non-hydrogen) atoms. The van der Waals surface area contributed by atoms with Crippen LogP contribution in [-0.4, -0.2) is 36.6 Å². The molecule has 0 radical (unpaired) electrons. The first-order valence-electron chi connectivity index (χ1n) is 18.8. The third-order valence-electron chi connectivity index (χ3n) is 13.5. The van der Waals surface area contributed by atoms with Gasteiger partial charge < -0.3 is 18.6 Å². The molecule has 2 aliphatic heterocycles. The molecular formula is C45H56B2O4. The fraction of sp³-hybridized carbons (Fsp3) is 0.467. The van der Waals surface area contributed by atoms with Crippen LogP contribution in [0.2, 0.25) is 0 Å². The fourth-order valence-electron chi connectivity index (χ4n) is 7.88. The van der Waals surface area contributed by atoms with Gasteiger partial charge in [-0.25, -0.2) is 0 Å². The van der Waals surface area contributed by atoms with Gasteiger partial charge in [0.2, 0.25) is 0 Å². The van der Waals surface area contributed by atoms with Crippen molar-refractivity contribution < 1.29 is 18.6 Å². The molecule has 3 aliphatic rings. The maximum absolute atomic E-state index is 6.46. The summed E-state index contributed by atoms with van der Waals surface area (Å²) in [6.07, 6.45) is 2.40. The first-order chi connectivity index (χ1) is 23.7. The zero-order valence-electron chi connectivity index (χ0n) is 32.9. The third-order valence-corrected chi connectivity index (χ3v) is 13.5. The van der Waals surface area contributed by atoms with Crippen molar-refractivity contribution >= 4 is 25.2 Å². The molecule has 0 spiro atoms. The minimum absolute atomic E-state index is 0.297. The van der Waals surface area contributed by atoms with Crippen LogP contribution < -0.4 is 10.9 Å². The van der Waals surface area contributed by atoms with E-state index in [0.29, 0.717) is 16.7 Å². The molecule has 0 unspecified atom stereocenters. The molecule has 4 nitrogen and oxygen atoms in total. The van der Waals surface area contributed by atoms with E-state index in [2.05, 4.69) is 174 Å². The van der Waals surface area contributed by atoms with Crippen LogP contribution >= 0.6 is 0 Å². The summed E-state index contributed by atoms with van der Waals surface area (Å²) in [6, 6.07) is 33.6. The van der Waals surface area contributed by atoms with Gasteiger partial charge in [0.15, 0.2) is 0 Å². The van der Waals surface area contributed by atoms with Crippen LogP contribution in [0.1, 0.15) is 107 Å². The molecule has 0 N–H and O–H groups in total. The molecule has 2 saturated heterocycles. The monoisotopic (exact) mass is 682 g/mol. The summed E-state index contributed by atoms with van der Waals surface area (Å²) in [5, 5.41) is 0. The smallest absolute Gasteiger partial charge is 0.399 e. The van der Waals surface area contributed by atoms with Gasteiger partial charge in [-0.2, -0.15) is 0 Å². The molecule has 3 fully saturated rings. The second-order valence-corrected chi connectivity index (χ2v) is 18.7. The van der Waals surface area contributed by atoms with E-state index >= 15 is 0 Å². The van der Waals surface area contributed by atoms with Crippen LogP contribution in [0.25, 0.3) is 33.4 Å². The molecule has 1 aliphatic carbocycles. The largest absolute Gasteiger partial charge is 0.494 e. The molecule has 0 bridgehead atoms. The van der Waals surface area contributed by atoms with Crippen LogP contribution in [-0.2, 0) is 18.6 Å². The fourth-order valence-corrected chi connectivity index (χ4v) is 7.88. The van der Waals surface area contributed by atoms with Crippen LogP contribution in [0.15, 0.2) is 91.0 Å². The summed E-state index contributed by atoms with van der Waals surface area (Å²) < 4.78 is 25.9. The SMILES string of the molecule is CC1(C)CC(c2cccc(-c3cc(-c4cccc(B5OC(C)(C)C(C)(C)O5)c4)cc(-c4cccc(B5OC(C)(C)C(C)(C)O5)c4)c3)c2)CC1(C)C. The van der Waals surface area contributed by atoms with Crippen molar-refractivity contribution in [3.05, 3.63) is 96.6 Å². The van der Waals surface area contributed by atoms with Gasteiger partial charge in [0.05, 0.1) is 22.4 Å². The molecule has 2 heterocycles. The van der Waals surface area contributed by atoms with Crippen molar-refractivity contribution in [1.82, 2.24) is 0 Å². The minimum atomic E-state index is -0.425. The molecule has 6 heteroatoms. The summed E-state index contributed by atoms with van der Waals surface area (Å²) in [5.41, 5.74) is 9.44. The Balaban J connectivity index is 1.31. The molecular weight excluding hydrogens is 626 g/mol. The van der Waals surface area contributed by atoms with E-state index in [4.69, 9.17) is 18.6 Å². The Morgan fingerprint density at radius 2 is 0.745 bits per heavy atom. The van der Waals surface area contributed by atoms with Crippen LogP contribution in [0.4, 0.5) is 0 Å². The highest BCUT2D eigenvalue weighted by molar-refractivity contribution is 6.62. The van der Waals surface area contributed by atoms with E-state index in [1.165, 1.54) is 29.5 Å². The van der Waals surface area contributed by atoms with Gasteiger partial charge in [-0.05, 0) is 153 Å². The van der Waals surface area contributed by atoms with E-state index in [1.807, 2.05) is 0 Å². The normalized spacial score (nSPS) is 22.8. The summed E-state index contributed by atoms with van der Waals surface area (Å²) in [4.78, 5) is 0. The molecule has 4 aromatic rings. The van der Waals surface area contributed by atoms with E-state index in [1.54, 1.807) is 0 Å². The second-order valence-electron chi connectivity index (χ2n) is 18.7. The number of benzene rings is 4. The number of hydrogen-bond donors (Lipinski definition) is 0. The maximum atomic E-state index is 6.46. The van der Waals surface area contributed by atoms with Crippen molar-refractivity contribution in [3.63, 3.8) is 0 Å². The standard InChI is InChI=1S/C45H56B2O4/c1-40(2)28-37(29-41(40,3)4)31-17-13-16-30(22-31)34-23-35(32-18-14-20-38(26-32)46-48-42(5,6)43(7,8)49-46)25-36(24-34)33-19-15-21-39(27-33)47-50-44(9,10)45(11,12)51-47/h13-27,37H,28-29H2,1-12H3. The van der Waals surface area contributed by atoms with Gasteiger partial charge in [0.25, 0.3) is 0 Å². The highest BCUT2D eigenvalue weighted by Crippen LogP contribution is 2.58. The van der Waals surface area contributed by atoms with E-state index in [-0.39, 0.29) is 0 Å². The van der Waals surface area contributed by atoms with Crippen molar-refractivity contribution in [2.45, 2.75) is 124 Å². The zero-order chi connectivity index (χ0) is 36.8. The minimum Gasteiger partial charge on any atom is -0.399 e. The summed E-state index contributed by atoms with van der Waals surface area (Å²) in [7, 11) is -0.850. The van der Waals surface area contributed by atoms with Crippen molar-refractivity contribution in [1.29, 1.82) is 0 Å². The quantitative estimate of drug-likeness (QED) is 0.190. The van der Waals surface area contributed by atoms with Gasteiger partial charge in [-0.3, -0.25) is 0 Å². The molecule has 0 amide bonds. The van der Waals surface area contributed by atoms with E-state index < -0.39 is 36.6 Å². The Bertz CT molecular complexity index is 1670. The Kier molecular flexibility index (Phi) is 8.66. The highest BCUT2D eigenvalue weighted by Gasteiger charge is 2.53. The van der Waals surface area contributed by atoms with Crippen LogP contribution in [0, 0.1) is 10.8 Å². The molecule has 4 aromatic carbocycles. The highest BCUT2D eigenvalue weighted by atomic mass is 16.7. The lowest BCUT2D eigenvalue weighted by atomic mass is 9.71. The van der Waals surface area contributed by atoms with Crippen molar-refractivity contribution in [2.24, 2.45) is 10.8 Å². The van der Waals surface area contributed by atoms with Gasteiger partial charge in [-0.15, -0.1) is 0 Å². The molecule has 1 saturated carbocycles. The van der Waals surface area contributed by atoms with Crippen LogP contribution in [0.3, 0.4) is 0 Å². The first-order valence-corrected chi connectivity index (χ1v) is 18.8. The lowest BCUT2D eigenvalue weighted by Crippen LogP contribution is -2.41. The zero-order valence-corrected chi connectivity index (χ0v) is 32.9. The van der Waals surface area contributed by atoms with E-state index in [0.717, 1.165) is 33.2 Å². The average Bonchev–Trinajstić information content (AvgIpc) is 3.54. The molecule has 0 atom stereocenters. The summed E-state index contributed by atoms with van der Waals surface area (Å²) in [6.45, 7) is 26.6. The number of hydrogen-bond acceptors (Lipinski definition) is 4. The molecule has 266 valence electrons. The maximum Gasteiger partial charge on any atom is 0.494 e. The lowest BCUT2D eigenvalue weighted by molar-refractivity contribution is 0.00578. The molecule has 0 aromatic heterocycles. The predicted molar refractivity (Wildman–Crippen MR) is 214 cm³/mol. The Morgan fingerprint density at radius 1 is 0.412 bits per heavy atom. The van der Waals surface area contributed by atoms with Gasteiger partial charge in [-0.1, -0.05) is 100 Å². The van der Waals surface area contributed by atoms with Crippen molar-refractivity contribution in [2.75, 3.05) is 0 Å². The van der Waals surface area contributed by atoms with Gasteiger partial charge in [0.1, 0.15) is 0 Å². The predicted octanol–water partition coefficient (Wildman–Crippen LogP) is 10.2. The lowest BCUT2D eigenvalue weighted by Gasteiger charge is -2.34. The second kappa shape index (κ2) is 12.2. The topological polar surface area (TPSA) is 36.9 Å². The van der Waals surface area contributed by atoms with Gasteiger partial charge >= 0.3 is 14.2 Å². The van der Waals surface area contributed by atoms with Crippen molar-refractivity contribution in [3.8, 4) is 33.4 Å². The summed E-state index contributed by atoms with van der Waals surface area (Å²) >= 11 is 0. The Morgan fingerprint density at radius 3 is 1.12 bits per heavy atom. The molecule has 7 rings (SSSR count). The Labute approximate surface area is 307 Å². The average molecular weight is 683 g/mol. The van der Waals surface area contributed by atoms with E-state index in [9.17, 15) is 0 Å². The third kappa shape index (κ3) is 6.56. The van der Waals surface area contributed by atoms with Crippen LogP contribution in [0.5, 0.6) is 0 Å². The Hall–Kier alpha value is -3.15.